The molecule has 1 aromatic heterocycles. The number of aromatic nitrogens is 1. The van der Waals surface area contributed by atoms with Crippen molar-refractivity contribution in [3.8, 4) is 5.75 Å². The van der Waals surface area contributed by atoms with E-state index in [0.717, 1.165) is 5.39 Å². The van der Waals surface area contributed by atoms with E-state index < -0.39 is 11.7 Å². The molecular weight excluding hydrogens is 258 g/mol. The molecule has 0 amide bonds. The average Bonchev–Trinajstić information content (AvgIpc) is 2.74. The molecule has 2 rings (SSSR count). The second kappa shape index (κ2) is 5.17. The van der Waals surface area contributed by atoms with E-state index in [1.165, 1.54) is 4.57 Å². The predicted octanol–water partition coefficient (Wildman–Crippen LogP) is 2.93. The van der Waals surface area contributed by atoms with E-state index in [-0.39, 0.29) is 6.61 Å². The molecule has 0 aliphatic rings. The summed E-state index contributed by atoms with van der Waals surface area (Å²) < 4.78 is 11.9. The molecule has 2 aromatic rings. The van der Waals surface area contributed by atoms with Crippen LogP contribution in [0.3, 0.4) is 0 Å². The smallest absolute Gasteiger partial charge is 0.419 e. The molecular formula is C15H19NO4. The Morgan fingerprint density at radius 3 is 2.60 bits per heavy atom. The van der Waals surface area contributed by atoms with Gasteiger partial charge in [0.1, 0.15) is 11.4 Å². The van der Waals surface area contributed by atoms with Crippen molar-refractivity contribution in [3.05, 3.63) is 30.0 Å². The summed E-state index contributed by atoms with van der Waals surface area (Å²) in [6.45, 7) is 5.29. The van der Waals surface area contributed by atoms with Crippen molar-refractivity contribution in [2.45, 2.75) is 33.0 Å². The molecule has 5 nitrogen and oxygen atoms in total. The molecule has 0 radical (unpaired) electrons. The van der Waals surface area contributed by atoms with Crippen LogP contribution in [0, 0.1) is 0 Å². The van der Waals surface area contributed by atoms with Gasteiger partial charge < -0.3 is 14.6 Å². The molecule has 108 valence electrons. The van der Waals surface area contributed by atoms with Crippen molar-refractivity contribution >= 4 is 17.0 Å². The van der Waals surface area contributed by atoms with Crippen LogP contribution in [0.2, 0.25) is 0 Å². The highest BCUT2D eigenvalue weighted by molar-refractivity contribution is 5.92. The quantitative estimate of drug-likeness (QED) is 0.916. The van der Waals surface area contributed by atoms with Crippen LogP contribution < -0.4 is 4.74 Å². The average molecular weight is 277 g/mol. The van der Waals surface area contributed by atoms with Gasteiger partial charge in [-0.3, -0.25) is 4.57 Å². The molecule has 20 heavy (non-hydrogen) atoms. The first-order valence-corrected chi connectivity index (χ1v) is 6.38. The normalized spacial score (nSPS) is 11.7. The Morgan fingerprint density at radius 2 is 2.05 bits per heavy atom. The molecule has 0 atom stereocenters. The maximum atomic E-state index is 12.2. The zero-order valence-corrected chi connectivity index (χ0v) is 12.1. The third-order valence-electron chi connectivity index (χ3n) is 2.86. The largest absolute Gasteiger partial charge is 0.497 e. The summed E-state index contributed by atoms with van der Waals surface area (Å²) >= 11 is 0. The number of benzene rings is 1. The molecule has 0 saturated heterocycles. The van der Waals surface area contributed by atoms with Crippen LogP contribution in [-0.2, 0) is 11.3 Å². The fraction of sp³-hybridized carbons (Fsp3) is 0.400. The number of fused-ring (bicyclic) bond motifs is 1. The Morgan fingerprint density at radius 1 is 1.35 bits per heavy atom. The number of methoxy groups -OCH3 is 1. The topological polar surface area (TPSA) is 60.7 Å². The summed E-state index contributed by atoms with van der Waals surface area (Å²) in [6.07, 6.45) is 1.12. The van der Waals surface area contributed by atoms with Gasteiger partial charge in [0.25, 0.3) is 0 Å². The lowest BCUT2D eigenvalue weighted by atomic mass is 10.2. The van der Waals surface area contributed by atoms with Crippen LogP contribution in [-0.4, -0.2) is 28.5 Å². The molecule has 1 aromatic carbocycles. The first-order chi connectivity index (χ1) is 9.35. The first-order valence-electron chi connectivity index (χ1n) is 6.38. The summed E-state index contributed by atoms with van der Waals surface area (Å²) in [5, 5.41) is 10.2. The SMILES string of the molecule is COc1ccc2c(CO)cn(C(=O)OC(C)(C)C)c2c1. The van der Waals surface area contributed by atoms with Gasteiger partial charge in [-0.1, -0.05) is 0 Å². The number of hydrogen-bond acceptors (Lipinski definition) is 4. The first kappa shape index (κ1) is 14.4. The maximum absolute atomic E-state index is 12.2. The van der Waals surface area contributed by atoms with Crippen molar-refractivity contribution in [1.29, 1.82) is 0 Å². The van der Waals surface area contributed by atoms with Crippen LogP contribution in [0.1, 0.15) is 26.3 Å². The molecule has 1 N–H and O–H groups in total. The van der Waals surface area contributed by atoms with Crippen LogP contribution in [0.5, 0.6) is 5.75 Å². The van der Waals surface area contributed by atoms with Crippen LogP contribution in [0.15, 0.2) is 24.4 Å². The van der Waals surface area contributed by atoms with Gasteiger partial charge in [-0.2, -0.15) is 0 Å². The van der Waals surface area contributed by atoms with E-state index in [9.17, 15) is 9.90 Å². The highest BCUT2D eigenvalue weighted by atomic mass is 16.6. The van der Waals surface area contributed by atoms with Crippen LogP contribution in [0.4, 0.5) is 4.79 Å². The van der Waals surface area contributed by atoms with E-state index >= 15 is 0 Å². The molecule has 1 heterocycles. The maximum Gasteiger partial charge on any atom is 0.419 e. The molecule has 0 fully saturated rings. The van der Waals surface area contributed by atoms with E-state index in [1.807, 2.05) is 26.8 Å². The molecule has 0 saturated carbocycles. The van der Waals surface area contributed by atoms with Crippen molar-refractivity contribution in [1.82, 2.24) is 4.57 Å². The Balaban J connectivity index is 2.54. The van der Waals surface area contributed by atoms with Gasteiger partial charge in [0.05, 0.1) is 19.2 Å². The standard InChI is InChI=1S/C15H19NO4/c1-15(2,3)20-14(18)16-8-10(9-17)12-6-5-11(19-4)7-13(12)16/h5-8,17H,9H2,1-4H3. The number of carbonyl (C=O) groups is 1. The van der Waals surface area contributed by atoms with Crippen molar-refractivity contribution in [2.75, 3.05) is 7.11 Å². The van der Waals surface area contributed by atoms with E-state index in [4.69, 9.17) is 9.47 Å². The van der Waals surface area contributed by atoms with Gasteiger partial charge in [0.15, 0.2) is 0 Å². The van der Waals surface area contributed by atoms with Gasteiger partial charge in [0.2, 0.25) is 0 Å². The third kappa shape index (κ3) is 2.77. The summed E-state index contributed by atoms with van der Waals surface area (Å²) in [6, 6.07) is 5.36. The zero-order chi connectivity index (χ0) is 14.9. The highest BCUT2D eigenvalue weighted by Gasteiger charge is 2.20. The molecule has 0 unspecified atom stereocenters. The van der Waals surface area contributed by atoms with Gasteiger partial charge >= 0.3 is 6.09 Å². The monoisotopic (exact) mass is 277 g/mol. The fourth-order valence-electron chi connectivity index (χ4n) is 1.99. The van der Waals surface area contributed by atoms with Crippen LogP contribution >= 0.6 is 0 Å². The Bertz CT molecular complexity index is 637. The molecule has 0 bridgehead atoms. The lowest BCUT2D eigenvalue weighted by Crippen LogP contribution is -2.26. The van der Waals surface area contributed by atoms with Gasteiger partial charge in [-0.25, -0.2) is 4.79 Å². The van der Waals surface area contributed by atoms with Crippen molar-refractivity contribution < 1.29 is 19.4 Å². The molecule has 0 aliphatic heterocycles. The zero-order valence-electron chi connectivity index (χ0n) is 12.1. The van der Waals surface area contributed by atoms with E-state index in [2.05, 4.69) is 0 Å². The number of rotatable bonds is 2. The number of hydrogen-bond donors (Lipinski definition) is 1. The predicted molar refractivity (Wildman–Crippen MR) is 76.0 cm³/mol. The van der Waals surface area contributed by atoms with E-state index in [1.54, 1.807) is 25.4 Å². The number of carbonyl (C=O) groups excluding carboxylic acids is 1. The summed E-state index contributed by atoms with van der Waals surface area (Å²) in [5.41, 5.74) is 0.752. The lowest BCUT2D eigenvalue weighted by Gasteiger charge is -2.19. The van der Waals surface area contributed by atoms with Gasteiger partial charge in [-0.05, 0) is 32.9 Å². The number of ether oxygens (including phenoxy) is 2. The highest BCUT2D eigenvalue weighted by Crippen LogP contribution is 2.26. The second-order valence-electron chi connectivity index (χ2n) is 5.55. The van der Waals surface area contributed by atoms with Crippen molar-refractivity contribution in [3.63, 3.8) is 0 Å². The van der Waals surface area contributed by atoms with Crippen molar-refractivity contribution in [2.24, 2.45) is 0 Å². The fourth-order valence-corrected chi connectivity index (χ4v) is 1.99. The summed E-state index contributed by atoms with van der Waals surface area (Å²) in [7, 11) is 1.56. The molecule has 0 spiro atoms. The Hall–Kier alpha value is -2.01. The van der Waals surface area contributed by atoms with E-state index in [0.29, 0.717) is 16.8 Å². The summed E-state index contributed by atoms with van der Waals surface area (Å²) in [5.74, 6) is 0.643. The molecule has 0 aliphatic carbocycles. The second-order valence-corrected chi connectivity index (χ2v) is 5.55. The Kier molecular flexibility index (Phi) is 3.72. The number of aliphatic hydroxyl groups is 1. The summed E-state index contributed by atoms with van der Waals surface area (Å²) in [4.78, 5) is 12.2. The number of nitrogens with zero attached hydrogens (tertiary/aromatic N) is 1. The van der Waals surface area contributed by atoms with Gasteiger partial charge in [0, 0.05) is 23.2 Å². The minimum Gasteiger partial charge on any atom is -0.497 e. The minimum atomic E-state index is -0.577. The van der Waals surface area contributed by atoms with Crippen LogP contribution in [0.25, 0.3) is 10.9 Å². The lowest BCUT2D eigenvalue weighted by molar-refractivity contribution is 0.0544. The third-order valence-corrected chi connectivity index (χ3v) is 2.86. The Labute approximate surface area is 117 Å². The minimum absolute atomic E-state index is 0.140. The number of aliphatic hydroxyl groups excluding tert-OH is 1. The van der Waals surface area contributed by atoms with Gasteiger partial charge in [-0.15, -0.1) is 0 Å². The molecule has 5 heteroatoms.